The van der Waals surface area contributed by atoms with Crippen molar-refractivity contribution in [2.24, 2.45) is 0 Å². The standard InChI is InChI=1S/Co.Ni.2H2O4S.12H2O/c;;2*1-5(2,3)4;;;;;;;;;;;;/h;;2*(H2,1,2,3,4);12*1H2/q2*+2;;;;;;;;;;;;;;/p-4. The molecule has 20 nitrogen and oxygen atoms in total. The molecule has 0 atom stereocenters. The average molecular weight is 526 g/mol. The summed E-state index contributed by atoms with van der Waals surface area (Å²) in [4.78, 5) is 0. The third kappa shape index (κ3) is 149000. The van der Waals surface area contributed by atoms with Crippen molar-refractivity contribution in [1.82, 2.24) is 0 Å². The molecule has 0 heterocycles. The second-order valence-corrected chi connectivity index (χ2v) is 2.45. The summed E-state index contributed by atoms with van der Waals surface area (Å²) in [5.41, 5.74) is 0. The Kier molecular flexibility index (Phi) is 615. The molecule has 0 saturated carbocycles. The maximum Gasteiger partial charge on any atom is 2.00 e. The minimum Gasteiger partial charge on any atom is -0.759 e. The molecule has 24 heavy (non-hydrogen) atoms. The monoisotopic (exact) mass is 525 g/mol. The molecule has 0 aliphatic carbocycles. The Balaban J connectivity index is -0.00000000241. The predicted octanol–water partition coefficient (Wildman–Crippen LogP) is -12.6. The van der Waals surface area contributed by atoms with Crippen LogP contribution in [0.5, 0.6) is 0 Å². The zero-order chi connectivity index (χ0) is 9.00. The Labute approximate surface area is 155 Å². The normalized spacial score (nSPS) is 4.83. The summed E-state index contributed by atoms with van der Waals surface area (Å²) in [7, 11) is -10.3. The summed E-state index contributed by atoms with van der Waals surface area (Å²) < 4.78 is 68.2. The van der Waals surface area contributed by atoms with Crippen molar-refractivity contribution in [2.45, 2.75) is 0 Å². The molecular formula is H24CoNiO20S2. The number of hydrogen-bond donors (Lipinski definition) is 0. The molecule has 1 radical (unpaired) electrons. The van der Waals surface area contributed by atoms with Crippen LogP contribution in [0, 0.1) is 0 Å². The first-order chi connectivity index (χ1) is 4.00. The molecule has 0 aromatic rings. The molecule has 24 N–H and O–H groups in total. The SMILES string of the molecule is O.O.O.O.O.O.O.O.O.O.O.O.O=S(=O)([O-])[O-].O=S(=O)([O-])[O-].[Co+2].[Ni+2]. The van der Waals surface area contributed by atoms with E-state index in [1.807, 2.05) is 0 Å². The van der Waals surface area contributed by atoms with Gasteiger partial charge >= 0.3 is 33.3 Å². The smallest absolute Gasteiger partial charge is 0.759 e. The second kappa shape index (κ2) is 76.7. The van der Waals surface area contributed by atoms with Gasteiger partial charge in [-0.3, -0.25) is 16.8 Å². The molecular weight excluding hydrogens is 502 g/mol. The van der Waals surface area contributed by atoms with Crippen molar-refractivity contribution in [3.05, 3.63) is 0 Å². The van der Waals surface area contributed by atoms with E-state index in [1.54, 1.807) is 0 Å². The zero-order valence-electron chi connectivity index (χ0n) is 10.7. The van der Waals surface area contributed by atoms with Gasteiger partial charge in [-0.05, 0) is 0 Å². The molecule has 0 aliphatic rings. The molecule has 0 spiro atoms. The van der Waals surface area contributed by atoms with Gasteiger partial charge in [-0.25, -0.2) is 0 Å². The van der Waals surface area contributed by atoms with Gasteiger partial charge in [-0.2, -0.15) is 0 Å². The van der Waals surface area contributed by atoms with Gasteiger partial charge in [0.1, 0.15) is 0 Å². The van der Waals surface area contributed by atoms with Gasteiger partial charge < -0.3 is 83.9 Å². The van der Waals surface area contributed by atoms with E-state index >= 15 is 0 Å². The van der Waals surface area contributed by atoms with Gasteiger partial charge in [0.05, 0.1) is 0 Å². The molecule has 0 aromatic carbocycles. The van der Waals surface area contributed by atoms with E-state index in [0.29, 0.717) is 0 Å². The zero-order valence-corrected chi connectivity index (χ0v) is 14.4. The summed E-state index contributed by atoms with van der Waals surface area (Å²) in [6.07, 6.45) is 0. The molecule has 0 bridgehead atoms. The van der Waals surface area contributed by atoms with Crippen LogP contribution >= 0.6 is 0 Å². The van der Waals surface area contributed by atoms with E-state index in [9.17, 15) is 0 Å². The molecule has 24 heteroatoms. The van der Waals surface area contributed by atoms with E-state index < -0.39 is 20.8 Å². The molecule has 0 fully saturated rings. The second-order valence-electron chi connectivity index (χ2n) is 0.816. The van der Waals surface area contributed by atoms with Gasteiger partial charge in [-0.15, -0.1) is 0 Å². The van der Waals surface area contributed by atoms with Gasteiger partial charge in [0.15, 0.2) is 0 Å². The average Bonchev–Trinajstić information content (AvgIpc) is 1.12. The third-order valence-corrected chi connectivity index (χ3v) is 0. The van der Waals surface area contributed by atoms with Crippen LogP contribution in [-0.2, 0) is 54.1 Å². The van der Waals surface area contributed by atoms with E-state index in [2.05, 4.69) is 0 Å². The molecule has 0 aliphatic heterocycles. The fraction of sp³-hybridized carbons (Fsp3) is 0. The first kappa shape index (κ1) is 192. The van der Waals surface area contributed by atoms with Crippen LogP contribution < -0.4 is 0 Å². The fourth-order valence-electron chi connectivity index (χ4n) is 0. The van der Waals surface area contributed by atoms with E-state index in [0.717, 1.165) is 0 Å². The maximum atomic E-state index is 8.52. The molecule has 0 rings (SSSR count). The molecule has 0 unspecified atom stereocenters. The molecule has 0 amide bonds. The van der Waals surface area contributed by atoms with Gasteiger partial charge in [-0.1, -0.05) is 0 Å². The minimum absolute atomic E-state index is 0. The van der Waals surface area contributed by atoms with Crippen LogP contribution in [0.3, 0.4) is 0 Å². The first-order valence-electron chi connectivity index (χ1n) is 1.33. The summed E-state index contributed by atoms with van der Waals surface area (Å²) >= 11 is 0. The van der Waals surface area contributed by atoms with Crippen molar-refractivity contribution >= 4 is 20.8 Å². The number of rotatable bonds is 0. The third-order valence-electron chi connectivity index (χ3n) is 0. The Morgan fingerprint density at radius 2 is 0.375 bits per heavy atom. The van der Waals surface area contributed by atoms with Crippen LogP contribution in [0.15, 0.2) is 0 Å². The maximum absolute atomic E-state index is 8.52. The van der Waals surface area contributed by atoms with Crippen molar-refractivity contribution in [2.75, 3.05) is 0 Å². The van der Waals surface area contributed by atoms with E-state index in [-0.39, 0.29) is 99.0 Å². The summed E-state index contributed by atoms with van der Waals surface area (Å²) in [5, 5.41) is 0. The van der Waals surface area contributed by atoms with Crippen molar-refractivity contribution in [3.63, 3.8) is 0 Å². The van der Waals surface area contributed by atoms with Crippen molar-refractivity contribution in [1.29, 1.82) is 0 Å². The molecule has 175 valence electrons. The van der Waals surface area contributed by atoms with Crippen LogP contribution in [0.4, 0.5) is 0 Å². The summed E-state index contributed by atoms with van der Waals surface area (Å²) in [6.45, 7) is 0. The van der Waals surface area contributed by atoms with Crippen LogP contribution in [0.2, 0.25) is 0 Å². The Bertz CT molecular complexity index is 218. The topological polar surface area (TPSA) is 539 Å². The van der Waals surface area contributed by atoms with E-state index in [1.165, 1.54) is 0 Å². The van der Waals surface area contributed by atoms with Crippen molar-refractivity contribution < 1.29 is 134 Å². The first-order valence-corrected chi connectivity index (χ1v) is 4.00. The summed E-state index contributed by atoms with van der Waals surface area (Å²) in [6, 6.07) is 0. The Morgan fingerprint density at radius 3 is 0.375 bits per heavy atom. The quantitative estimate of drug-likeness (QED) is 0.165. The molecule has 0 saturated heterocycles. The van der Waals surface area contributed by atoms with E-state index in [4.69, 9.17) is 35.0 Å². The Hall–Kier alpha value is 0.260. The van der Waals surface area contributed by atoms with Crippen LogP contribution in [0.25, 0.3) is 0 Å². The summed E-state index contributed by atoms with van der Waals surface area (Å²) in [5.74, 6) is 0. The van der Waals surface area contributed by atoms with Gasteiger partial charge in [0, 0.05) is 20.8 Å². The largest absolute Gasteiger partial charge is 2.00 e. The van der Waals surface area contributed by atoms with Crippen molar-refractivity contribution in [3.8, 4) is 0 Å². The predicted molar refractivity (Wildman–Crippen MR) is 64.3 cm³/mol. The Morgan fingerprint density at radius 1 is 0.375 bits per heavy atom. The number of hydrogen-bond acceptors (Lipinski definition) is 8. The van der Waals surface area contributed by atoms with Crippen LogP contribution in [-0.4, -0.2) is 101 Å². The fourth-order valence-corrected chi connectivity index (χ4v) is 0. The minimum atomic E-state index is -5.17. The van der Waals surface area contributed by atoms with Gasteiger partial charge in [0.2, 0.25) is 0 Å². The van der Waals surface area contributed by atoms with Crippen LogP contribution in [0.1, 0.15) is 0 Å². The van der Waals surface area contributed by atoms with Gasteiger partial charge in [0.25, 0.3) is 0 Å². The molecule has 0 aromatic heterocycles.